The van der Waals surface area contributed by atoms with E-state index >= 15 is 0 Å². The van der Waals surface area contributed by atoms with E-state index in [0.717, 1.165) is 6.42 Å². The molecule has 0 spiro atoms. The fourth-order valence-corrected chi connectivity index (χ4v) is 2.77. The quantitative estimate of drug-likeness (QED) is 0.713. The standard InChI is InChI=1S/C12H18N2O4/c1-2-14-10(15)6-9(11(14)16)13-5-3-4-8(7-13)12(17)18/h8-9H,2-7H2,1H3,(H,17,18). The third-order valence-electron chi connectivity index (χ3n) is 3.78. The predicted octanol–water partition coefficient (Wildman–Crippen LogP) is -0.0696. The number of carboxylic acids is 1. The Morgan fingerprint density at radius 2 is 2.17 bits per heavy atom. The number of nitrogens with zero attached hydrogens (tertiary/aromatic N) is 2. The summed E-state index contributed by atoms with van der Waals surface area (Å²) in [5.41, 5.74) is 0. The molecule has 18 heavy (non-hydrogen) atoms. The van der Waals surface area contributed by atoms with Crippen molar-refractivity contribution in [2.24, 2.45) is 5.92 Å². The number of rotatable bonds is 3. The third kappa shape index (κ3) is 2.25. The summed E-state index contributed by atoms with van der Waals surface area (Å²) >= 11 is 0. The average molecular weight is 254 g/mol. The van der Waals surface area contributed by atoms with Crippen LogP contribution < -0.4 is 0 Å². The highest BCUT2D eigenvalue weighted by atomic mass is 16.4. The van der Waals surface area contributed by atoms with Crippen LogP contribution in [0, 0.1) is 5.92 Å². The van der Waals surface area contributed by atoms with Crippen molar-refractivity contribution in [2.45, 2.75) is 32.2 Å². The average Bonchev–Trinajstić information content (AvgIpc) is 2.64. The van der Waals surface area contributed by atoms with Crippen LogP contribution in [0.25, 0.3) is 0 Å². The van der Waals surface area contributed by atoms with Gasteiger partial charge in [-0.3, -0.25) is 24.2 Å². The van der Waals surface area contributed by atoms with Crippen LogP contribution in [0.15, 0.2) is 0 Å². The topological polar surface area (TPSA) is 77.9 Å². The molecule has 100 valence electrons. The Labute approximate surface area is 106 Å². The van der Waals surface area contributed by atoms with Crippen molar-refractivity contribution in [3.63, 3.8) is 0 Å². The maximum atomic E-state index is 12.0. The number of amides is 2. The molecule has 0 radical (unpaired) electrons. The first kappa shape index (κ1) is 13.0. The van der Waals surface area contributed by atoms with E-state index < -0.39 is 17.9 Å². The Morgan fingerprint density at radius 3 is 2.72 bits per heavy atom. The zero-order valence-corrected chi connectivity index (χ0v) is 10.5. The predicted molar refractivity (Wildman–Crippen MR) is 62.7 cm³/mol. The summed E-state index contributed by atoms with van der Waals surface area (Å²) in [6.07, 6.45) is 1.61. The molecule has 2 heterocycles. The van der Waals surface area contributed by atoms with Gasteiger partial charge >= 0.3 is 5.97 Å². The fraction of sp³-hybridized carbons (Fsp3) is 0.750. The molecule has 2 saturated heterocycles. The molecule has 6 nitrogen and oxygen atoms in total. The second kappa shape index (κ2) is 5.06. The van der Waals surface area contributed by atoms with Crippen molar-refractivity contribution in [1.29, 1.82) is 0 Å². The summed E-state index contributed by atoms with van der Waals surface area (Å²) in [5.74, 6) is -1.56. The molecule has 6 heteroatoms. The third-order valence-corrected chi connectivity index (χ3v) is 3.78. The van der Waals surface area contributed by atoms with E-state index in [9.17, 15) is 14.4 Å². The number of carbonyl (C=O) groups is 3. The summed E-state index contributed by atoms with van der Waals surface area (Å²) in [4.78, 5) is 37.8. The van der Waals surface area contributed by atoms with E-state index in [-0.39, 0.29) is 18.2 Å². The minimum atomic E-state index is -0.816. The molecule has 0 aromatic rings. The molecule has 0 aromatic heterocycles. The number of carbonyl (C=O) groups excluding carboxylic acids is 2. The van der Waals surface area contributed by atoms with Crippen molar-refractivity contribution in [1.82, 2.24) is 9.80 Å². The summed E-state index contributed by atoms with van der Waals surface area (Å²) in [5, 5.41) is 9.03. The van der Waals surface area contributed by atoms with Crippen molar-refractivity contribution in [3.8, 4) is 0 Å². The molecule has 0 bridgehead atoms. The first-order chi connectivity index (χ1) is 8.54. The summed E-state index contributed by atoms with van der Waals surface area (Å²) < 4.78 is 0. The van der Waals surface area contributed by atoms with Gasteiger partial charge in [0.2, 0.25) is 11.8 Å². The molecule has 2 amide bonds. The first-order valence-electron chi connectivity index (χ1n) is 6.35. The minimum Gasteiger partial charge on any atom is -0.481 e. The first-order valence-corrected chi connectivity index (χ1v) is 6.35. The number of likely N-dealkylation sites (tertiary alicyclic amines) is 2. The molecule has 2 atom stereocenters. The highest BCUT2D eigenvalue weighted by Gasteiger charge is 2.42. The van der Waals surface area contributed by atoms with Gasteiger partial charge in [-0.2, -0.15) is 0 Å². The maximum Gasteiger partial charge on any atom is 0.307 e. The van der Waals surface area contributed by atoms with E-state index in [0.29, 0.717) is 26.1 Å². The van der Waals surface area contributed by atoms with E-state index in [1.807, 2.05) is 4.90 Å². The Hall–Kier alpha value is -1.43. The fourth-order valence-electron chi connectivity index (χ4n) is 2.77. The number of likely N-dealkylation sites (N-methyl/N-ethyl adjacent to an activating group) is 1. The van der Waals surface area contributed by atoms with Crippen LogP contribution in [0.2, 0.25) is 0 Å². The Balaban J connectivity index is 2.06. The zero-order valence-electron chi connectivity index (χ0n) is 10.5. The van der Waals surface area contributed by atoms with Gasteiger partial charge in [0, 0.05) is 13.1 Å². The molecule has 1 N–H and O–H groups in total. The second-order valence-corrected chi connectivity index (χ2v) is 4.87. The van der Waals surface area contributed by atoms with Crippen LogP contribution >= 0.6 is 0 Å². The van der Waals surface area contributed by atoms with Crippen LogP contribution in [0.5, 0.6) is 0 Å². The highest BCUT2D eigenvalue weighted by molar-refractivity contribution is 6.05. The molecule has 2 aliphatic rings. The van der Waals surface area contributed by atoms with Gasteiger partial charge in [0.25, 0.3) is 0 Å². The smallest absolute Gasteiger partial charge is 0.307 e. The molecular weight excluding hydrogens is 236 g/mol. The lowest BCUT2D eigenvalue weighted by molar-refractivity contribution is -0.146. The number of carboxylic acid groups (broad SMARTS) is 1. The van der Waals surface area contributed by atoms with E-state index in [1.165, 1.54) is 4.90 Å². The van der Waals surface area contributed by atoms with Crippen LogP contribution in [0.4, 0.5) is 0 Å². The largest absolute Gasteiger partial charge is 0.481 e. The van der Waals surface area contributed by atoms with Gasteiger partial charge in [-0.05, 0) is 26.3 Å². The monoisotopic (exact) mass is 254 g/mol. The van der Waals surface area contributed by atoms with Crippen LogP contribution in [0.3, 0.4) is 0 Å². The molecule has 0 aliphatic carbocycles. The maximum absolute atomic E-state index is 12.0. The van der Waals surface area contributed by atoms with E-state index in [4.69, 9.17) is 5.11 Å². The Kier molecular flexibility index (Phi) is 3.65. The lowest BCUT2D eigenvalue weighted by atomic mass is 9.96. The van der Waals surface area contributed by atoms with Crippen LogP contribution in [0.1, 0.15) is 26.2 Å². The van der Waals surface area contributed by atoms with Gasteiger partial charge in [-0.15, -0.1) is 0 Å². The van der Waals surface area contributed by atoms with Gasteiger partial charge in [0.15, 0.2) is 0 Å². The summed E-state index contributed by atoms with van der Waals surface area (Å²) in [6.45, 7) is 3.24. The van der Waals surface area contributed by atoms with Crippen LogP contribution in [-0.4, -0.2) is 58.4 Å². The van der Waals surface area contributed by atoms with Gasteiger partial charge in [0.1, 0.15) is 0 Å². The van der Waals surface area contributed by atoms with E-state index in [1.54, 1.807) is 6.92 Å². The summed E-state index contributed by atoms with van der Waals surface area (Å²) in [7, 11) is 0. The Bertz CT molecular complexity index is 382. The van der Waals surface area contributed by atoms with Crippen LogP contribution in [-0.2, 0) is 14.4 Å². The summed E-state index contributed by atoms with van der Waals surface area (Å²) in [6, 6.07) is -0.445. The highest BCUT2D eigenvalue weighted by Crippen LogP contribution is 2.24. The second-order valence-electron chi connectivity index (χ2n) is 4.87. The van der Waals surface area contributed by atoms with Crippen molar-refractivity contribution in [2.75, 3.05) is 19.6 Å². The molecule has 2 rings (SSSR count). The zero-order chi connectivity index (χ0) is 13.3. The van der Waals surface area contributed by atoms with Gasteiger partial charge in [-0.25, -0.2) is 0 Å². The lowest BCUT2D eigenvalue weighted by Crippen LogP contribution is -2.48. The minimum absolute atomic E-state index is 0.148. The molecule has 2 unspecified atom stereocenters. The number of hydrogen-bond acceptors (Lipinski definition) is 4. The number of aliphatic carboxylic acids is 1. The molecule has 0 aromatic carbocycles. The van der Waals surface area contributed by atoms with Gasteiger partial charge < -0.3 is 5.11 Å². The lowest BCUT2D eigenvalue weighted by Gasteiger charge is -2.33. The SMILES string of the molecule is CCN1C(=O)CC(N2CCCC(C(=O)O)C2)C1=O. The molecule has 2 fully saturated rings. The molecular formula is C12H18N2O4. The van der Waals surface area contributed by atoms with Crippen molar-refractivity contribution < 1.29 is 19.5 Å². The number of piperidine rings is 1. The van der Waals surface area contributed by atoms with E-state index in [2.05, 4.69) is 0 Å². The molecule has 2 aliphatic heterocycles. The number of imide groups is 1. The van der Waals surface area contributed by atoms with Crippen molar-refractivity contribution >= 4 is 17.8 Å². The Morgan fingerprint density at radius 1 is 1.44 bits per heavy atom. The number of hydrogen-bond donors (Lipinski definition) is 1. The molecule has 0 saturated carbocycles. The normalized spacial score (nSPS) is 29.9. The van der Waals surface area contributed by atoms with Gasteiger partial charge in [0.05, 0.1) is 18.4 Å². The van der Waals surface area contributed by atoms with Gasteiger partial charge in [-0.1, -0.05) is 0 Å². The van der Waals surface area contributed by atoms with Crippen molar-refractivity contribution in [3.05, 3.63) is 0 Å².